The maximum Gasteiger partial charge on any atom is 0.264 e. The number of rotatable bonds is 5. The van der Waals surface area contributed by atoms with Crippen molar-refractivity contribution >= 4 is 15.7 Å². The highest BCUT2D eigenvalue weighted by Gasteiger charge is 2.27. The van der Waals surface area contributed by atoms with Crippen LogP contribution in [0.2, 0.25) is 0 Å². The van der Waals surface area contributed by atoms with E-state index in [4.69, 9.17) is 0 Å². The molecule has 1 N–H and O–H groups in total. The van der Waals surface area contributed by atoms with Gasteiger partial charge in [0.25, 0.3) is 10.0 Å². The number of hydrogen-bond acceptors (Lipinski definition) is 3. The number of fused-ring (bicyclic) bond motifs is 1. The first-order chi connectivity index (χ1) is 11.5. The molecule has 1 aliphatic carbocycles. The van der Waals surface area contributed by atoms with Crippen LogP contribution in [0.15, 0.2) is 53.4 Å². The van der Waals surface area contributed by atoms with Crippen molar-refractivity contribution < 1.29 is 13.5 Å². The maximum absolute atomic E-state index is 13.2. The monoisotopic (exact) mass is 345 g/mol. The molecule has 3 rings (SSSR count). The number of para-hydroxylation sites is 1. The van der Waals surface area contributed by atoms with Crippen LogP contribution in [0.5, 0.6) is 0 Å². The summed E-state index contributed by atoms with van der Waals surface area (Å²) in [5.41, 5.74) is 2.95. The lowest BCUT2D eigenvalue weighted by Gasteiger charge is -2.26. The molecule has 0 amide bonds. The van der Waals surface area contributed by atoms with Gasteiger partial charge in [-0.15, -0.1) is 0 Å². The van der Waals surface area contributed by atoms with Crippen LogP contribution in [0, 0.1) is 0 Å². The van der Waals surface area contributed by atoms with Gasteiger partial charge in [0.2, 0.25) is 0 Å². The van der Waals surface area contributed by atoms with Crippen molar-refractivity contribution in [3.8, 4) is 0 Å². The summed E-state index contributed by atoms with van der Waals surface area (Å²) in [6, 6.07) is 14.4. The molecule has 4 nitrogen and oxygen atoms in total. The zero-order valence-electron chi connectivity index (χ0n) is 13.9. The number of nitrogens with zero attached hydrogens (tertiary/aromatic N) is 1. The molecule has 1 aliphatic rings. The molecule has 0 saturated heterocycles. The van der Waals surface area contributed by atoms with Gasteiger partial charge in [-0.3, -0.25) is 4.31 Å². The summed E-state index contributed by atoms with van der Waals surface area (Å²) in [6.07, 6.45) is 3.47. The molecule has 0 aliphatic heterocycles. The molecule has 0 radical (unpaired) electrons. The van der Waals surface area contributed by atoms with Gasteiger partial charge < -0.3 is 5.11 Å². The Morgan fingerprint density at radius 2 is 1.71 bits per heavy atom. The van der Waals surface area contributed by atoms with E-state index in [-0.39, 0.29) is 6.54 Å². The van der Waals surface area contributed by atoms with Crippen molar-refractivity contribution in [2.24, 2.45) is 0 Å². The lowest BCUT2D eigenvalue weighted by molar-refractivity contribution is 0.204. The molecule has 0 aromatic heterocycles. The summed E-state index contributed by atoms with van der Waals surface area (Å²) < 4.78 is 27.6. The third kappa shape index (κ3) is 3.47. The van der Waals surface area contributed by atoms with Gasteiger partial charge in [-0.25, -0.2) is 8.42 Å². The summed E-state index contributed by atoms with van der Waals surface area (Å²) >= 11 is 0. The van der Waals surface area contributed by atoms with E-state index >= 15 is 0 Å². The standard InChI is InChI=1S/C19H23NO3S/c1-15(21)14-20(18-9-3-2-4-10-18)24(22,23)19-12-11-16-7-5-6-8-17(16)13-19/h2-4,9-13,15,21H,5-8,14H2,1H3. The van der Waals surface area contributed by atoms with Gasteiger partial charge in [0, 0.05) is 0 Å². The molecular weight excluding hydrogens is 322 g/mol. The predicted molar refractivity (Wildman–Crippen MR) is 95.7 cm³/mol. The summed E-state index contributed by atoms with van der Waals surface area (Å²) in [5.74, 6) is 0. The molecule has 0 bridgehead atoms. The van der Waals surface area contributed by atoms with Crippen LogP contribution in [0.25, 0.3) is 0 Å². The number of anilines is 1. The summed E-state index contributed by atoms with van der Waals surface area (Å²) in [4.78, 5) is 0.299. The van der Waals surface area contributed by atoms with Crippen LogP contribution >= 0.6 is 0 Å². The number of aliphatic hydroxyl groups excluding tert-OH is 1. The van der Waals surface area contributed by atoms with Gasteiger partial charge in [-0.1, -0.05) is 24.3 Å². The van der Waals surface area contributed by atoms with Crippen molar-refractivity contribution in [3.63, 3.8) is 0 Å². The fourth-order valence-electron chi connectivity index (χ4n) is 3.17. The zero-order valence-corrected chi connectivity index (χ0v) is 14.7. The lowest BCUT2D eigenvalue weighted by atomic mass is 9.92. The molecule has 1 unspecified atom stereocenters. The number of hydrogen-bond donors (Lipinski definition) is 1. The highest BCUT2D eigenvalue weighted by Crippen LogP contribution is 2.28. The summed E-state index contributed by atoms with van der Waals surface area (Å²) in [7, 11) is -3.71. The molecule has 2 aromatic carbocycles. The van der Waals surface area contributed by atoms with Gasteiger partial charge in [0.05, 0.1) is 23.2 Å². The Bertz CT molecular complexity index is 801. The fraction of sp³-hybridized carbons (Fsp3) is 0.368. The summed E-state index contributed by atoms with van der Waals surface area (Å²) in [6.45, 7) is 1.63. The Balaban J connectivity index is 2.02. The Kier molecular flexibility index (Phi) is 4.92. The van der Waals surface area contributed by atoms with E-state index in [1.165, 1.54) is 9.87 Å². The highest BCUT2D eigenvalue weighted by molar-refractivity contribution is 7.92. The second kappa shape index (κ2) is 6.95. The smallest absolute Gasteiger partial charge is 0.264 e. The van der Waals surface area contributed by atoms with Crippen LogP contribution in [-0.2, 0) is 22.9 Å². The largest absolute Gasteiger partial charge is 0.392 e. The van der Waals surface area contributed by atoms with Crippen LogP contribution in [0.3, 0.4) is 0 Å². The first-order valence-corrected chi connectivity index (χ1v) is 9.80. The topological polar surface area (TPSA) is 57.6 Å². The Labute approximate surface area is 143 Å². The van der Waals surface area contributed by atoms with Gasteiger partial charge in [-0.05, 0) is 68.0 Å². The number of benzene rings is 2. The van der Waals surface area contributed by atoms with Gasteiger partial charge in [0.15, 0.2) is 0 Å². The van der Waals surface area contributed by atoms with E-state index < -0.39 is 16.1 Å². The van der Waals surface area contributed by atoms with Crippen molar-refractivity contribution in [3.05, 3.63) is 59.7 Å². The van der Waals surface area contributed by atoms with E-state index in [9.17, 15) is 13.5 Å². The maximum atomic E-state index is 13.2. The average molecular weight is 345 g/mol. The quantitative estimate of drug-likeness (QED) is 0.906. The van der Waals surface area contributed by atoms with E-state index in [1.807, 2.05) is 18.2 Å². The van der Waals surface area contributed by atoms with Gasteiger partial charge in [0.1, 0.15) is 0 Å². The van der Waals surface area contributed by atoms with Crippen molar-refractivity contribution in [1.29, 1.82) is 0 Å². The van der Waals surface area contributed by atoms with Crippen molar-refractivity contribution in [2.75, 3.05) is 10.8 Å². The third-order valence-corrected chi connectivity index (χ3v) is 6.17. The fourth-order valence-corrected chi connectivity index (χ4v) is 4.77. The number of aliphatic hydroxyl groups is 1. The highest BCUT2D eigenvalue weighted by atomic mass is 32.2. The first-order valence-electron chi connectivity index (χ1n) is 8.36. The normalized spacial score (nSPS) is 15.6. The first kappa shape index (κ1) is 17.0. The van der Waals surface area contributed by atoms with E-state index in [1.54, 1.807) is 37.3 Å². The van der Waals surface area contributed by atoms with Crippen LogP contribution in [-0.4, -0.2) is 26.2 Å². The number of aryl methyl sites for hydroxylation is 2. The molecule has 0 saturated carbocycles. The predicted octanol–water partition coefficient (Wildman–Crippen LogP) is 3.14. The Morgan fingerprint density at radius 3 is 2.38 bits per heavy atom. The minimum atomic E-state index is -3.71. The minimum Gasteiger partial charge on any atom is -0.392 e. The van der Waals surface area contributed by atoms with Crippen LogP contribution in [0.1, 0.15) is 30.9 Å². The van der Waals surface area contributed by atoms with Crippen molar-refractivity contribution in [1.82, 2.24) is 0 Å². The molecule has 128 valence electrons. The molecular formula is C19H23NO3S. The van der Waals surface area contributed by atoms with Gasteiger partial charge in [-0.2, -0.15) is 0 Å². The Hall–Kier alpha value is -1.85. The molecule has 0 spiro atoms. The molecule has 0 fully saturated rings. The molecule has 0 heterocycles. The lowest BCUT2D eigenvalue weighted by Crippen LogP contribution is -2.36. The van der Waals surface area contributed by atoms with Crippen LogP contribution in [0.4, 0.5) is 5.69 Å². The second-order valence-electron chi connectivity index (χ2n) is 6.36. The van der Waals surface area contributed by atoms with Crippen molar-refractivity contribution in [2.45, 2.75) is 43.6 Å². The van der Waals surface area contributed by atoms with E-state index in [0.717, 1.165) is 31.2 Å². The summed E-state index contributed by atoms with van der Waals surface area (Å²) in [5, 5.41) is 9.78. The van der Waals surface area contributed by atoms with E-state index in [0.29, 0.717) is 10.6 Å². The SMILES string of the molecule is CC(O)CN(c1ccccc1)S(=O)(=O)c1ccc2c(c1)CCCC2. The van der Waals surface area contributed by atoms with E-state index in [2.05, 4.69) is 0 Å². The molecule has 5 heteroatoms. The molecule has 2 aromatic rings. The van der Waals surface area contributed by atoms with Crippen LogP contribution < -0.4 is 4.31 Å². The third-order valence-electron chi connectivity index (χ3n) is 4.38. The van der Waals surface area contributed by atoms with Gasteiger partial charge >= 0.3 is 0 Å². The number of sulfonamides is 1. The molecule has 24 heavy (non-hydrogen) atoms. The zero-order chi connectivity index (χ0) is 17.2. The second-order valence-corrected chi connectivity index (χ2v) is 8.22. The average Bonchev–Trinajstić information content (AvgIpc) is 2.59. The molecule has 1 atom stereocenters. The Morgan fingerprint density at radius 1 is 1.04 bits per heavy atom. The minimum absolute atomic E-state index is 0.0312.